The summed E-state index contributed by atoms with van der Waals surface area (Å²) in [5.74, 6) is -0.877. The minimum Gasteiger partial charge on any atom is -0.350 e. The first kappa shape index (κ1) is 20.1. The Hall–Kier alpha value is -3.15. The minimum absolute atomic E-state index is 0.0617. The highest BCUT2D eigenvalue weighted by molar-refractivity contribution is 6.41. The van der Waals surface area contributed by atoms with Gasteiger partial charge < -0.3 is 5.32 Å². The highest BCUT2D eigenvalue weighted by Gasteiger charge is 2.40. The van der Waals surface area contributed by atoms with Gasteiger partial charge >= 0.3 is 0 Å². The van der Waals surface area contributed by atoms with E-state index in [1.165, 1.54) is 4.90 Å². The first-order valence-corrected chi connectivity index (χ1v) is 9.99. The molecule has 150 valence electrons. The van der Waals surface area contributed by atoms with Crippen LogP contribution in [-0.4, -0.2) is 21.7 Å². The van der Waals surface area contributed by atoms with Gasteiger partial charge in [-0.25, -0.2) is 0 Å². The summed E-state index contributed by atoms with van der Waals surface area (Å²) in [4.78, 5) is 32.0. The molecule has 1 aliphatic rings. The third-order valence-electron chi connectivity index (χ3n) is 4.70. The minimum atomic E-state index is -0.440. The van der Waals surface area contributed by atoms with Gasteiger partial charge in [0.1, 0.15) is 5.70 Å². The lowest BCUT2D eigenvalue weighted by molar-refractivity contribution is -0.137. The maximum Gasteiger partial charge on any atom is 0.278 e. The Morgan fingerprint density at radius 3 is 2.50 bits per heavy atom. The predicted molar refractivity (Wildman–Crippen MR) is 118 cm³/mol. The van der Waals surface area contributed by atoms with Crippen LogP contribution in [0.15, 0.2) is 72.6 Å². The van der Waals surface area contributed by atoms with Gasteiger partial charge in [0.25, 0.3) is 11.8 Å². The second-order valence-electron chi connectivity index (χ2n) is 6.89. The topological polar surface area (TPSA) is 62.3 Å². The number of aryl methyl sites for hydroxylation is 1. The van der Waals surface area contributed by atoms with Crippen LogP contribution in [0.3, 0.4) is 0 Å². The lowest BCUT2D eigenvalue weighted by atomic mass is 10.0. The normalized spacial score (nSPS) is 13.9. The molecule has 0 unspecified atom stereocenters. The quantitative estimate of drug-likeness (QED) is 0.564. The summed E-state index contributed by atoms with van der Waals surface area (Å²) < 4.78 is 0. The Labute approximate surface area is 183 Å². The maximum absolute atomic E-state index is 13.3. The van der Waals surface area contributed by atoms with E-state index < -0.39 is 11.8 Å². The highest BCUT2D eigenvalue weighted by Crippen LogP contribution is 2.35. The largest absolute Gasteiger partial charge is 0.350 e. The van der Waals surface area contributed by atoms with Crippen molar-refractivity contribution in [1.29, 1.82) is 0 Å². The van der Waals surface area contributed by atoms with Crippen molar-refractivity contribution in [3.05, 3.63) is 99.4 Å². The number of rotatable bonds is 5. The predicted octanol–water partition coefficient (Wildman–Crippen LogP) is 5.09. The molecule has 2 amide bonds. The number of amides is 2. The van der Waals surface area contributed by atoms with E-state index >= 15 is 0 Å². The van der Waals surface area contributed by atoms with E-state index in [0.29, 0.717) is 27.0 Å². The number of benzene rings is 2. The molecule has 0 atom stereocenters. The van der Waals surface area contributed by atoms with Crippen molar-refractivity contribution in [2.45, 2.75) is 13.5 Å². The number of nitrogens with zero attached hydrogens (tertiary/aromatic N) is 2. The van der Waals surface area contributed by atoms with Crippen LogP contribution in [0.4, 0.5) is 5.69 Å². The molecule has 0 bridgehead atoms. The molecule has 4 rings (SSSR count). The van der Waals surface area contributed by atoms with Gasteiger partial charge in [-0.2, -0.15) is 0 Å². The number of carbonyl (C=O) groups is 2. The fraction of sp³-hybridized carbons (Fsp3) is 0.0870. The van der Waals surface area contributed by atoms with Gasteiger partial charge in [0, 0.05) is 22.5 Å². The average Bonchev–Trinajstić information content (AvgIpc) is 2.93. The third-order valence-corrected chi connectivity index (χ3v) is 5.25. The van der Waals surface area contributed by atoms with Gasteiger partial charge in [-0.15, -0.1) is 0 Å². The van der Waals surface area contributed by atoms with Crippen molar-refractivity contribution in [1.82, 2.24) is 9.88 Å². The van der Waals surface area contributed by atoms with E-state index in [1.807, 2.05) is 37.3 Å². The van der Waals surface area contributed by atoms with Gasteiger partial charge in [-0.1, -0.05) is 47.5 Å². The van der Waals surface area contributed by atoms with Crippen LogP contribution < -0.4 is 5.32 Å². The van der Waals surface area contributed by atoms with Crippen molar-refractivity contribution in [3.8, 4) is 0 Å². The van der Waals surface area contributed by atoms with Crippen LogP contribution in [0.25, 0.3) is 5.57 Å². The highest BCUT2D eigenvalue weighted by atomic mass is 35.5. The first-order valence-electron chi connectivity index (χ1n) is 9.23. The summed E-state index contributed by atoms with van der Waals surface area (Å²) in [6, 6.07) is 17.7. The number of halogens is 2. The molecule has 0 saturated heterocycles. The second-order valence-corrected chi connectivity index (χ2v) is 7.73. The van der Waals surface area contributed by atoms with E-state index in [2.05, 4.69) is 10.3 Å². The van der Waals surface area contributed by atoms with Gasteiger partial charge in [-0.3, -0.25) is 19.5 Å². The summed E-state index contributed by atoms with van der Waals surface area (Å²) in [6.45, 7) is 2.01. The van der Waals surface area contributed by atoms with Crippen molar-refractivity contribution >= 4 is 46.3 Å². The van der Waals surface area contributed by atoms with E-state index in [1.54, 1.807) is 36.5 Å². The molecule has 1 N–H and O–H groups in total. The van der Waals surface area contributed by atoms with Crippen molar-refractivity contribution in [3.63, 3.8) is 0 Å². The zero-order valence-electron chi connectivity index (χ0n) is 16.0. The van der Waals surface area contributed by atoms with Gasteiger partial charge in [0.2, 0.25) is 0 Å². The van der Waals surface area contributed by atoms with Crippen LogP contribution in [0.1, 0.15) is 16.8 Å². The molecule has 5 nitrogen and oxygen atoms in total. The van der Waals surface area contributed by atoms with Crippen LogP contribution in [-0.2, 0) is 16.1 Å². The van der Waals surface area contributed by atoms with Gasteiger partial charge in [0.15, 0.2) is 0 Å². The van der Waals surface area contributed by atoms with Crippen molar-refractivity contribution in [2.24, 2.45) is 0 Å². The molecule has 0 fully saturated rings. The number of aromatic nitrogens is 1. The van der Waals surface area contributed by atoms with Crippen LogP contribution in [0.5, 0.6) is 0 Å². The molecule has 0 saturated carbocycles. The fourth-order valence-electron chi connectivity index (χ4n) is 3.30. The van der Waals surface area contributed by atoms with Crippen LogP contribution in [0, 0.1) is 6.92 Å². The molecule has 1 aromatic heterocycles. The fourth-order valence-corrected chi connectivity index (χ4v) is 3.80. The molecule has 30 heavy (non-hydrogen) atoms. The molecular formula is C23H17Cl2N3O2. The lowest BCUT2D eigenvalue weighted by Crippen LogP contribution is -2.32. The number of imide groups is 1. The van der Waals surface area contributed by atoms with E-state index in [4.69, 9.17) is 23.2 Å². The average molecular weight is 438 g/mol. The Kier molecular flexibility index (Phi) is 5.57. The Morgan fingerprint density at radius 2 is 1.80 bits per heavy atom. The molecule has 7 heteroatoms. The summed E-state index contributed by atoms with van der Waals surface area (Å²) >= 11 is 12.4. The van der Waals surface area contributed by atoms with Crippen LogP contribution in [0.2, 0.25) is 10.0 Å². The molecule has 0 radical (unpaired) electrons. The molecule has 0 spiro atoms. The number of nitrogens with one attached hydrogen (secondary N) is 1. The first-order chi connectivity index (χ1) is 14.4. The van der Waals surface area contributed by atoms with E-state index in [9.17, 15) is 9.59 Å². The summed E-state index contributed by atoms with van der Waals surface area (Å²) in [5.41, 5.74) is 3.16. The van der Waals surface area contributed by atoms with E-state index in [0.717, 1.165) is 5.56 Å². The third kappa shape index (κ3) is 3.95. The van der Waals surface area contributed by atoms with Gasteiger partial charge in [-0.05, 0) is 48.9 Å². The number of pyridine rings is 1. The molecule has 3 aromatic rings. The second kappa shape index (κ2) is 8.30. The number of hydrogen-bond donors (Lipinski definition) is 1. The smallest absolute Gasteiger partial charge is 0.278 e. The Morgan fingerprint density at radius 1 is 0.967 bits per heavy atom. The number of hydrogen-bond acceptors (Lipinski definition) is 4. The zero-order chi connectivity index (χ0) is 21.3. The molecular weight excluding hydrogens is 421 g/mol. The molecule has 0 aliphatic carbocycles. The zero-order valence-corrected chi connectivity index (χ0v) is 17.5. The van der Waals surface area contributed by atoms with Crippen molar-refractivity contribution in [2.75, 3.05) is 5.32 Å². The van der Waals surface area contributed by atoms with Gasteiger partial charge in [0.05, 0.1) is 22.8 Å². The monoisotopic (exact) mass is 437 g/mol. The molecule has 2 aromatic carbocycles. The van der Waals surface area contributed by atoms with E-state index in [-0.39, 0.29) is 17.8 Å². The van der Waals surface area contributed by atoms with Crippen LogP contribution >= 0.6 is 23.2 Å². The summed E-state index contributed by atoms with van der Waals surface area (Å²) in [5, 5.41) is 3.86. The summed E-state index contributed by atoms with van der Waals surface area (Å²) in [7, 11) is 0. The standard InChI is InChI=1S/C23H17Cl2N3O2/c1-14-5-4-7-16(11-14)27-21-20(18-9-8-15(24)12-19(18)25)22(29)28(23(21)30)13-17-6-2-3-10-26-17/h2-12,27H,13H2,1H3. The number of carbonyl (C=O) groups excluding carboxylic acids is 2. The maximum atomic E-state index is 13.3. The summed E-state index contributed by atoms with van der Waals surface area (Å²) in [6.07, 6.45) is 1.62. The Bertz CT molecular complexity index is 1180. The number of anilines is 1. The Balaban J connectivity index is 1.79. The molecule has 2 heterocycles. The molecule has 1 aliphatic heterocycles. The SMILES string of the molecule is Cc1cccc(NC2=C(c3ccc(Cl)cc3Cl)C(=O)N(Cc3ccccn3)C2=O)c1. The van der Waals surface area contributed by atoms with Crippen molar-refractivity contribution < 1.29 is 9.59 Å². The lowest BCUT2D eigenvalue weighted by Gasteiger charge is -2.15.